The Bertz CT molecular complexity index is 664. The minimum Gasteiger partial charge on any atom is -0.396 e. The molecule has 1 aliphatic carbocycles. The number of thiophene rings is 1. The Morgan fingerprint density at radius 2 is 1.96 bits per heavy atom. The molecule has 1 aromatic rings. The molecule has 1 aliphatic heterocycles. The van der Waals surface area contributed by atoms with Crippen molar-refractivity contribution in [2.75, 3.05) is 32.8 Å². The average molecular weight is 405 g/mol. The normalized spacial score (nSPS) is 22.8. The van der Waals surface area contributed by atoms with Gasteiger partial charge in [0.25, 0.3) is 0 Å². The van der Waals surface area contributed by atoms with E-state index in [1.54, 1.807) is 25.2 Å². The third-order valence-electron chi connectivity index (χ3n) is 5.90. The molecule has 1 unspecified atom stereocenters. The van der Waals surface area contributed by atoms with Crippen LogP contribution in [0, 0.1) is 17.8 Å². The maximum Gasteiger partial charge on any atom is 0.120 e. The lowest BCUT2D eigenvalue weighted by Crippen LogP contribution is -2.54. The van der Waals surface area contributed by atoms with Gasteiger partial charge in [-0.3, -0.25) is 9.80 Å². The van der Waals surface area contributed by atoms with Crippen LogP contribution in [0.2, 0.25) is 0 Å². The van der Waals surface area contributed by atoms with E-state index in [4.69, 9.17) is 0 Å². The van der Waals surface area contributed by atoms with Crippen LogP contribution < -0.4 is 0 Å². The van der Waals surface area contributed by atoms with Crippen molar-refractivity contribution in [3.8, 4) is 11.8 Å². The van der Waals surface area contributed by atoms with Crippen molar-refractivity contribution in [2.45, 2.75) is 70.6 Å². The van der Waals surface area contributed by atoms with Crippen molar-refractivity contribution < 1.29 is 10.2 Å². The number of piperazine rings is 1. The third-order valence-corrected chi connectivity index (χ3v) is 6.89. The van der Waals surface area contributed by atoms with Gasteiger partial charge in [0, 0.05) is 50.2 Å². The van der Waals surface area contributed by atoms with Crippen molar-refractivity contribution in [2.24, 2.45) is 5.92 Å². The molecule has 0 bridgehead atoms. The smallest absolute Gasteiger partial charge is 0.120 e. The predicted molar refractivity (Wildman–Crippen MR) is 116 cm³/mol. The SMILES string of the molecule is CC(C)(O)C#Cc1ccc(CN2CCN(CC3CCCCC3)C(CCO)C2)s1. The molecular weight excluding hydrogens is 368 g/mol. The number of hydrogen-bond donors (Lipinski definition) is 2. The second kappa shape index (κ2) is 10.2. The van der Waals surface area contributed by atoms with Crippen LogP contribution >= 0.6 is 11.3 Å². The summed E-state index contributed by atoms with van der Waals surface area (Å²) in [6, 6.07) is 4.69. The average Bonchev–Trinajstić information content (AvgIpc) is 3.10. The summed E-state index contributed by atoms with van der Waals surface area (Å²) in [5.41, 5.74) is -0.948. The first-order valence-electron chi connectivity index (χ1n) is 10.8. The molecule has 5 heteroatoms. The van der Waals surface area contributed by atoms with E-state index in [0.29, 0.717) is 6.04 Å². The van der Waals surface area contributed by atoms with Gasteiger partial charge >= 0.3 is 0 Å². The monoisotopic (exact) mass is 404 g/mol. The van der Waals surface area contributed by atoms with Crippen molar-refractivity contribution in [1.82, 2.24) is 9.80 Å². The first-order valence-corrected chi connectivity index (χ1v) is 11.7. The van der Waals surface area contributed by atoms with Crippen molar-refractivity contribution in [1.29, 1.82) is 0 Å². The highest BCUT2D eigenvalue weighted by Crippen LogP contribution is 2.27. The molecule has 1 atom stereocenters. The van der Waals surface area contributed by atoms with E-state index in [1.807, 2.05) is 0 Å². The van der Waals surface area contributed by atoms with Crippen LogP contribution in [0.15, 0.2) is 12.1 Å². The quantitative estimate of drug-likeness (QED) is 0.714. The zero-order chi connectivity index (χ0) is 20.0. The first-order chi connectivity index (χ1) is 13.4. The molecule has 2 heterocycles. The molecule has 3 rings (SSSR count). The van der Waals surface area contributed by atoms with E-state index in [1.165, 1.54) is 43.5 Å². The fourth-order valence-electron chi connectivity index (χ4n) is 4.43. The molecule has 156 valence electrons. The molecule has 4 nitrogen and oxygen atoms in total. The lowest BCUT2D eigenvalue weighted by Gasteiger charge is -2.43. The Morgan fingerprint density at radius 1 is 1.18 bits per heavy atom. The van der Waals surface area contributed by atoms with Crippen LogP contribution in [0.4, 0.5) is 0 Å². The Balaban J connectivity index is 1.54. The Hall–Kier alpha value is -0.900. The lowest BCUT2D eigenvalue weighted by atomic mass is 9.88. The van der Waals surface area contributed by atoms with Crippen LogP contribution in [-0.4, -0.2) is 64.4 Å². The van der Waals surface area contributed by atoms with Gasteiger partial charge in [0.2, 0.25) is 0 Å². The number of nitrogens with zero attached hydrogens (tertiary/aromatic N) is 2. The molecule has 0 amide bonds. The minimum atomic E-state index is -0.948. The highest BCUT2D eigenvalue weighted by Gasteiger charge is 2.29. The van der Waals surface area contributed by atoms with Crippen LogP contribution in [0.5, 0.6) is 0 Å². The van der Waals surface area contributed by atoms with Gasteiger partial charge in [0.15, 0.2) is 0 Å². The van der Waals surface area contributed by atoms with E-state index in [0.717, 1.165) is 43.4 Å². The molecule has 2 N–H and O–H groups in total. The van der Waals surface area contributed by atoms with Gasteiger partial charge in [-0.05, 0) is 51.2 Å². The summed E-state index contributed by atoms with van der Waals surface area (Å²) < 4.78 is 0. The summed E-state index contributed by atoms with van der Waals surface area (Å²) in [6.45, 7) is 9.11. The minimum absolute atomic E-state index is 0.273. The fraction of sp³-hybridized carbons (Fsp3) is 0.739. The molecule has 2 aliphatic rings. The first kappa shape index (κ1) is 21.8. The maximum atomic E-state index is 9.77. The van der Waals surface area contributed by atoms with Gasteiger partial charge in [-0.15, -0.1) is 11.3 Å². The van der Waals surface area contributed by atoms with E-state index < -0.39 is 5.60 Å². The molecule has 1 saturated heterocycles. The fourth-order valence-corrected chi connectivity index (χ4v) is 5.33. The predicted octanol–water partition coefficient (Wildman–Crippen LogP) is 3.32. The van der Waals surface area contributed by atoms with Crippen LogP contribution in [-0.2, 0) is 6.54 Å². The van der Waals surface area contributed by atoms with Crippen LogP contribution in [0.25, 0.3) is 0 Å². The maximum absolute atomic E-state index is 9.77. The van der Waals surface area contributed by atoms with Gasteiger partial charge in [-0.25, -0.2) is 0 Å². The topological polar surface area (TPSA) is 46.9 Å². The summed E-state index contributed by atoms with van der Waals surface area (Å²) in [7, 11) is 0. The van der Waals surface area contributed by atoms with Crippen molar-refractivity contribution >= 4 is 11.3 Å². The van der Waals surface area contributed by atoms with E-state index >= 15 is 0 Å². The molecular formula is C23H36N2O2S. The number of hydrogen-bond acceptors (Lipinski definition) is 5. The van der Waals surface area contributed by atoms with Crippen LogP contribution in [0.1, 0.15) is 62.1 Å². The standard InChI is InChI=1S/C23H36N2O2S/c1-23(2,27)12-10-21-8-9-22(28-21)18-24-13-14-25(20(17-24)11-15-26)16-19-6-4-3-5-7-19/h8-9,19-20,26-27H,3-7,11,13-18H2,1-2H3. The van der Waals surface area contributed by atoms with Gasteiger partial charge in [0.05, 0.1) is 4.88 Å². The molecule has 1 saturated carbocycles. The van der Waals surface area contributed by atoms with Crippen molar-refractivity contribution in [3.63, 3.8) is 0 Å². The summed E-state index contributed by atoms with van der Waals surface area (Å²) in [5.74, 6) is 6.83. The summed E-state index contributed by atoms with van der Waals surface area (Å²) >= 11 is 1.72. The summed E-state index contributed by atoms with van der Waals surface area (Å²) in [5, 5.41) is 19.3. The number of aliphatic hydroxyl groups is 2. The molecule has 28 heavy (non-hydrogen) atoms. The van der Waals surface area contributed by atoms with E-state index in [9.17, 15) is 10.2 Å². The Kier molecular flexibility index (Phi) is 7.96. The highest BCUT2D eigenvalue weighted by molar-refractivity contribution is 7.12. The van der Waals surface area contributed by atoms with E-state index in [2.05, 4.69) is 33.8 Å². The molecule has 0 spiro atoms. The van der Waals surface area contributed by atoms with Gasteiger partial charge in [0.1, 0.15) is 5.60 Å². The van der Waals surface area contributed by atoms with Gasteiger partial charge in [-0.1, -0.05) is 31.1 Å². The molecule has 2 fully saturated rings. The van der Waals surface area contributed by atoms with Crippen LogP contribution in [0.3, 0.4) is 0 Å². The Labute approximate surface area is 174 Å². The van der Waals surface area contributed by atoms with Gasteiger partial charge in [-0.2, -0.15) is 0 Å². The molecule has 1 aromatic heterocycles. The summed E-state index contributed by atoms with van der Waals surface area (Å²) in [4.78, 5) is 7.51. The third kappa shape index (κ3) is 6.86. The van der Waals surface area contributed by atoms with Gasteiger partial charge < -0.3 is 10.2 Å². The number of rotatable bonds is 6. The second-order valence-corrected chi connectivity index (χ2v) is 10.1. The lowest BCUT2D eigenvalue weighted by molar-refractivity contribution is 0.0404. The van der Waals surface area contributed by atoms with Crippen molar-refractivity contribution in [3.05, 3.63) is 21.9 Å². The Morgan fingerprint density at radius 3 is 2.68 bits per heavy atom. The number of aliphatic hydroxyl groups excluding tert-OH is 1. The highest BCUT2D eigenvalue weighted by atomic mass is 32.1. The second-order valence-electron chi connectivity index (χ2n) is 8.98. The molecule has 0 radical (unpaired) electrons. The molecule has 0 aromatic carbocycles. The largest absolute Gasteiger partial charge is 0.396 e. The summed E-state index contributed by atoms with van der Waals surface area (Å²) in [6.07, 6.45) is 7.84. The van der Waals surface area contributed by atoms with E-state index in [-0.39, 0.29) is 6.61 Å². The zero-order valence-electron chi connectivity index (χ0n) is 17.5. The zero-order valence-corrected chi connectivity index (χ0v) is 18.3.